The number of hydrogen-bond donors (Lipinski definition) is 1. The van der Waals surface area contributed by atoms with Crippen LogP contribution >= 0.6 is 23.2 Å². The lowest BCUT2D eigenvalue weighted by Crippen LogP contribution is -2.08. The number of hydrogen-bond acceptors (Lipinski definition) is 1. The maximum absolute atomic E-state index is 10.9. The molecule has 0 heterocycles. The molecular weight excluding hydrogens is 221 g/mol. The van der Waals surface area contributed by atoms with E-state index < -0.39 is 0 Å². The van der Waals surface area contributed by atoms with Crippen LogP contribution in [0.3, 0.4) is 0 Å². The van der Waals surface area contributed by atoms with Gasteiger partial charge in [0.25, 0.3) is 0 Å². The molecule has 76 valence electrons. The summed E-state index contributed by atoms with van der Waals surface area (Å²) in [4.78, 5) is 10.9. The molecule has 1 amide bonds. The summed E-state index contributed by atoms with van der Waals surface area (Å²) in [6.07, 6.45) is 0.774. The summed E-state index contributed by atoms with van der Waals surface area (Å²) in [5.41, 5.74) is 1.60. The lowest BCUT2D eigenvalue weighted by molar-refractivity contribution is -0.114. The minimum Gasteiger partial charge on any atom is -0.325 e. The van der Waals surface area contributed by atoms with E-state index in [4.69, 9.17) is 23.2 Å². The van der Waals surface area contributed by atoms with Gasteiger partial charge in [-0.15, -0.1) is 0 Å². The smallest absolute Gasteiger partial charge is 0.221 e. The standard InChI is InChI=1S/C10H11Cl2NO/c1-3-7-4-8(11)5-9(12)10(7)13-6(2)14/h4-5H,3H2,1-2H3,(H,13,14). The van der Waals surface area contributed by atoms with E-state index in [9.17, 15) is 4.79 Å². The van der Waals surface area contributed by atoms with E-state index in [0.717, 1.165) is 12.0 Å². The van der Waals surface area contributed by atoms with Crippen molar-refractivity contribution in [2.75, 3.05) is 5.32 Å². The van der Waals surface area contributed by atoms with Crippen molar-refractivity contribution in [3.63, 3.8) is 0 Å². The number of nitrogens with one attached hydrogen (secondary N) is 1. The quantitative estimate of drug-likeness (QED) is 0.830. The summed E-state index contributed by atoms with van der Waals surface area (Å²) in [5.74, 6) is -0.135. The minimum absolute atomic E-state index is 0.135. The fourth-order valence-corrected chi connectivity index (χ4v) is 1.80. The van der Waals surface area contributed by atoms with Crippen LogP contribution in [0.25, 0.3) is 0 Å². The van der Waals surface area contributed by atoms with Crippen molar-refractivity contribution in [3.8, 4) is 0 Å². The molecule has 0 saturated carbocycles. The van der Waals surface area contributed by atoms with Crippen LogP contribution in [0, 0.1) is 0 Å². The molecule has 1 aromatic rings. The fraction of sp³-hybridized carbons (Fsp3) is 0.300. The van der Waals surface area contributed by atoms with Gasteiger partial charge in [-0.2, -0.15) is 0 Å². The van der Waals surface area contributed by atoms with Crippen LogP contribution < -0.4 is 5.32 Å². The molecule has 0 aliphatic heterocycles. The summed E-state index contributed by atoms with van der Waals surface area (Å²) in [7, 11) is 0. The van der Waals surface area contributed by atoms with Gasteiger partial charge >= 0.3 is 0 Å². The topological polar surface area (TPSA) is 29.1 Å². The van der Waals surface area contributed by atoms with Crippen molar-refractivity contribution >= 4 is 34.8 Å². The van der Waals surface area contributed by atoms with Crippen LogP contribution in [0.1, 0.15) is 19.4 Å². The molecule has 0 aromatic heterocycles. The fourth-order valence-electron chi connectivity index (χ4n) is 1.22. The molecule has 14 heavy (non-hydrogen) atoms. The molecule has 0 saturated heterocycles. The summed E-state index contributed by atoms with van der Waals surface area (Å²) < 4.78 is 0. The van der Waals surface area contributed by atoms with Gasteiger partial charge in [0.1, 0.15) is 0 Å². The van der Waals surface area contributed by atoms with Gasteiger partial charge < -0.3 is 5.32 Å². The maximum atomic E-state index is 10.9. The first kappa shape index (κ1) is 11.3. The summed E-state index contributed by atoms with van der Waals surface area (Å²) in [5, 5.41) is 3.75. The number of carbonyl (C=O) groups excluding carboxylic acids is 1. The third-order valence-electron chi connectivity index (χ3n) is 1.82. The number of carbonyl (C=O) groups is 1. The predicted molar refractivity (Wildman–Crippen MR) is 60.1 cm³/mol. The highest BCUT2D eigenvalue weighted by Gasteiger charge is 2.08. The molecule has 0 bridgehead atoms. The average Bonchev–Trinajstić information content (AvgIpc) is 2.08. The van der Waals surface area contributed by atoms with Gasteiger partial charge in [-0.25, -0.2) is 0 Å². The highest BCUT2D eigenvalue weighted by Crippen LogP contribution is 2.30. The van der Waals surface area contributed by atoms with E-state index in [-0.39, 0.29) is 5.91 Å². The Morgan fingerprint density at radius 2 is 2.07 bits per heavy atom. The largest absolute Gasteiger partial charge is 0.325 e. The monoisotopic (exact) mass is 231 g/mol. The van der Waals surface area contributed by atoms with E-state index >= 15 is 0 Å². The Balaban J connectivity index is 3.18. The van der Waals surface area contributed by atoms with Crippen molar-refractivity contribution < 1.29 is 4.79 Å². The van der Waals surface area contributed by atoms with Crippen LogP contribution in [0.5, 0.6) is 0 Å². The molecular formula is C10H11Cl2NO. The van der Waals surface area contributed by atoms with Crippen LogP contribution in [-0.2, 0) is 11.2 Å². The summed E-state index contributed by atoms with van der Waals surface area (Å²) in [6.45, 7) is 3.43. The Labute approximate surface area is 93.2 Å². The van der Waals surface area contributed by atoms with E-state index in [2.05, 4.69) is 5.32 Å². The van der Waals surface area contributed by atoms with Gasteiger partial charge in [-0.3, -0.25) is 4.79 Å². The maximum Gasteiger partial charge on any atom is 0.221 e. The molecule has 0 spiro atoms. The third-order valence-corrected chi connectivity index (χ3v) is 2.33. The van der Waals surface area contributed by atoms with Crippen molar-refractivity contribution in [2.24, 2.45) is 0 Å². The number of benzene rings is 1. The van der Waals surface area contributed by atoms with Crippen LogP contribution in [-0.4, -0.2) is 5.91 Å². The Morgan fingerprint density at radius 1 is 1.43 bits per heavy atom. The molecule has 1 N–H and O–H groups in total. The van der Waals surface area contributed by atoms with Gasteiger partial charge in [-0.05, 0) is 24.1 Å². The molecule has 0 radical (unpaired) electrons. The van der Waals surface area contributed by atoms with E-state index in [0.29, 0.717) is 15.7 Å². The highest BCUT2D eigenvalue weighted by molar-refractivity contribution is 6.37. The third kappa shape index (κ3) is 2.63. The Morgan fingerprint density at radius 3 is 2.57 bits per heavy atom. The number of anilines is 1. The van der Waals surface area contributed by atoms with Gasteiger partial charge in [-0.1, -0.05) is 30.1 Å². The SMILES string of the molecule is CCc1cc(Cl)cc(Cl)c1NC(C)=O. The molecule has 4 heteroatoms. The van der Waals surface area contributed by atoms with E-state index in [1.54, 1.807) is 12.1 Å². The molecule has 1 aromatic carbocycles. The number of amides is 1. The van der Waals surface area contributed by atoms with Crippen LogP contribution in [0.15, 0.2) is 12.1 Å². The minimum atomic E-state index is -0.135. The molecule has 1 rings (SSSR count). The van der Waals surface area contributed by atoms with E-state index in [1.165, 1.54) is 6.92 Å². The Bertz CT molecular complexity index is 363. The highest BCUT2D eigenvalue weighted by atomic mass is 35.5. The molecule has 0 fully saturated rings. The normalized spacial score (nSPS) is 10.0. The van der Waals surface area contributed by atoms with Crippen LogP contribution in [0.2, 0.25) is 10.0 Å². The van der Waals surface area contributed by atoms with Crippen molar-refractivity contribution in [2.45, 2.75) is 20.3 Å². The second-order valence-corrected chi connectivity index (χ2v) is 3.80. The van der Waals surface area contributed by atoms with Crippen molar-refractivity contribution in [3.05, 3.63) is 27.7 Å². The first-order valence-electron chi connectivity index (χ1n) is 4.30. The zero-order valence-electron chi connectivity index (χ0n) is 8.03. The first-order valence-corrected chi connectivity index (χ1v) is 5.05. The zero-order chi connectivity index (χ0) is 10.7. The molecule has 0 unspecified atom stereocenters. The van der Waals surface area contributed by atoms with E-state index in [1.807, 2.05) is 6.92 Å². The lowest BCUT2D eigenvalue weighted by Gasteiger charge is -2.10. The van der Waals surface area contributed by atoms with Gasteiger partial charge in [0.2, 0.25) is 5.91 Å². The first-order chi connectivity index (χ1) is 6.54. The number of rotatable bonds is 2. The Kier molecular flexibility index (Phi) is 3.78. The van der Waals surface area contributed by atoms with Crippen molar-refractivity contribution in [1.29, 1.82) is 0 Å². The molecule has 0 atom stereocenters. The van der Waals surface area contributed by atoms with Crippen LogP contribution in [0.4, 0.5) is 5.69 Å². The average molecular weight is 232 g/mol. The van der Waals surface area contributed by atoms with Gasteiger partial charge in [0, 0.05) is 11.9 Å². The summed E-state index contributed by atoms with van der Waals surface area (Å²) in [6, 6.07) is 3.42. The summed E-state index contributed by atoms with van der Waals surface area (Å²) >= 11 is 11.8. The number of halogens is 2. The number of aryl methyl sites for hydroxylation is 1. The molecule has 0 aliphatic rings. The lowest BCUT2D eigenvalue weighted by atomic mass is 10.1. The van der Waals surface area contributed by atoms with Crippen molar-refractivity contribution in [1.82, 2.24) is 0 Å². The second kappa shape index (κ2) is 4.67. The van der Waals surface area contributed by atoms with Gasteiger partial charge in [0.15, 0.2) is 0 Å². The van der Waals surface area contributed by atoms with Gasteiger partial charge in [0.05, 0.1) is 10.7 Å². The zero-order valence-corrected chi connectivity index (χ0v) is 9.54. The Hall–Kier alpha value is -0.730. The molecule has 0 aliphatic carbocycles. The molecule has 2 nitrogen and oxygen atoms in total. The second-order valence-electron chi connectivity index (χ2n) is 2.96. The predicted octanol–water partition coefficient (Wildman–Crippen LogP) is 3.51.